The third-order valence-corrected chi connectivity index (χ3v) is 1.28. The molecule has 0 spiro atoms. The van der Waals surface area contributed by atoms with E-state index in [2.05, 4.69) is 4.98 Å². The van der Waals surface area contributed by atoms with E-state index in [4.69, 9.17) is 11.5 Å². The van der Waals surface area contributed by atoms with Gasteiger partial charge in [0.05, 0.1) is 5.69 Å². The first kappa shape index (κ1) is 8.33. The normalized spacial score (nSPS) is 11.3. The molecule has 0 unspecified atom stereocenters. The molecule has 1 aromatic rings. The Morgan fingerprint density at radius 3 is 2.75 bits per heavy atom. The van der Waals surface area contributed by atoms with Crippen molar-refractivity contribution < 1.29 is 0 Å². The Hall–Kier alpha value is -1.77. The molecule has 0 aromatic carbocycles. The molecule has 0 aliphatic heterocycles. The van der Waals surface area contributed by atoms with Gasteiger partial charge in [0.15, 0.2) is 0 Å². The quantitative estimate of drug-likeness (QED) is 0.639. The monoisotopic (exact) mass is 161 g/mol. The Morgan fingerprint density at radius 1 is 1.25 bits per heavy atom. The van der Waals surface area contributed by atoms with E-state index in [1.165, 1.54) is 6.20 Å². The lowest BCUT2D eigenvalue weighted by Gasteiger charge is -1.92. The summed E-state index contributed by atoms with van der Waals surface area (Å²) < 4.78 is 0. The van der Waals surface area contributed by atoms with E-state index < -0.39 is 0 Å². The summed E-state index contributed by atoms with van der Waals surface area (Å²) >= 11 is 0. The predicted octanol–water partition coefficient (Wildman–Crippen LogP) is 1.15. The summed E-state index contributed by atoms with van der Waals surface area (Å²) in [6, 6.07) is 5.47. The number of hydrogen-bond donors (Lipinski definition) is 2. The van der Waals surface area contributed by atoms with E-state index in [-0.39, 0.29) is 0 Å². The first-order valence-electron chi connectivity index (χ1n) is 3.60. The number of pyridine rings is 1. The van der Waals surface area contributed by atoms with Gasteiger partial charge in [0.2, 0.25) is 0 Å². The van der Waals surface area contributed by atoms with Crippen molar-refractivity contribution in [1.29, 1.82) is 0 Å². The van der Waals surface area contributed by atoms with Gasteiger partial charge in [-0.3, -0.25) is 0 Å². The lowest BCUT2D eigenvalue weighted by atomic mass is 10.3. The number of rotatable bonds is 2. The lowest BCUT2D eigenvalue weighted by Crippen LogP contribution is -1.89. The molecule has 62 valence electrons. The van der Waals surface area contributed by atoms with Gasteiger partial charge in [-0.15, -0.1) is 0 Å². The Kier molecular flexibility index (Phi) is 2.90. The van der Waals surface area contributed by atoms with Crippen LogP contribution in [0.3, 0.4) is 0 Å². The van der Waals surface area contributed by atoms with Crippen molar-refractivity contribution in [3.63, 3.8) is 0 Å². The van der Waals surface area contributed by atoms with Crippen molar-refractivity contribution in [2.75, 3.05) is 5.73 Å². The van der Waals surface area contributed by atoms with E-state index in [1.54, 1.807) is 12.1 Å². The highest BCUT2D eigenvalue weighted by atomic mass is 14.8. The van der Waals surface area contributed by atoms with Crippen molar-refractivity contribution in [3.05, 3.63) is 42.2 Å². The maximum atomic E-state index is 5.48. The van der Waals surface area contributed by atoms with Crippen molar-refractivity contribution in [2.45, 2.75) is 0 Å². The van der Waals surface area contributed by atoms with Crippen molar-refractivity contribution in [1.82, 2.24) is 4.98 Å². The van der Waals surface area contributed by atoms with Gasteiger partial charge < -0.3 is 11.5 Å². The average Bonchev–Trinajstić information content (AvgIpc) is 2.05. The van der Waals surface area contributed by atoms with Crippen LogP contribution in [0, 0.1) is 0 Å². The highest BCUT2D eigenvalue weighted by Gasteiger charge is 1.86. The third kappa shape index (κ3) is 2.46. The van der Waals surface area contributed by atoms with Gasteiger partial charge in [0, 0.05) is 0 Å². The van der Waals surface area contributed by atoms with Crippen LogP contribution in [-0.2, 0) is 0 Å². The maximum absolute atomic E-state index is 5.48. The van der Waals surface area contributed by atoms with Crippen LogP contribution in [0.4, 0.5) is 5.82 Å². The predicted molar refractivity (Wildman–Crippen MR) is 51.0 cm³/mol. The number of aromatic nitrogens is 1. The zero-order valence-corrected chi connectivity index (χ0v) is 6.64. The summed E-state index contributed by atoms with van der Waals surface area (Å²) in [5.74, 6) is 0.522. The van der Waals surface area contributed by atoms with Crippen LogP contribution < -0.4 is 11.5 Å². The fourth-order valence-corrected chi connectivity index (χ4v) is 0.780. The van der Waals surface area contributed by atoms with Gasteiger partial charge in [-0.2, -0.15) is 0 Å². The Bertz CT molecular complexity index is 302. The second kappa shape index (κ2) is 4.18. The lowest BCUT2D eigenvalue weighted by molar-refractivity contribution is 1.30. The van der Waals surface area contributed by atoms with Crippen LogP contribution in [0.2, 0.25) is 0 Å². The number of nitrogen functional groups attached to an aromatic ring is 1. The number of nitrogens with two attached hydrogens (primary N) is 2. The molecule has 3 nitrogen and oxygen atoms in total. The molecule has 3 heteroatoms. The second-order valence-electron chi connectivity index (χ2n) is 2.23. The van der Waals surface area contributed by atoms with E-state index in [9.17, 15) is 0 Å². The van der Waals surface area contributed by atoms with E-state index in [0.717, 1.165) is 5.69 Å². The van der Waals surface area contributed by atoms with Crippen molar-refractivity contribution in [3.8, 4) is 0 Å². The largest absolute Gasteiger partial charge is 0.405 e. The molecular weight excluding hydrogens is 150 g/mol. The van der Waals surface area contributed by atoms with Crippen LogP contribution in [0.1, 0.15) is 5.69 Å². The number of hydrogen-bond acceptors (Lipinski definition) is 3. The first-order valence-corrected chi connectivity index (χ1v) is 3.60. The van der Waals surface area contributed by atoms with Gasteiger partial charge in [0.25, 0.3) is 0 Å². The van der Waals surface area contributed by atoms with Crippen LogP contribution >= 0.6 is 0 Å². The molecule has 1 aromatic heterocycles. The van der Waals surface area contributed by atoms with Gasteiger partial charge in [-0.05, 0) is 30.5 Å². The third-order valence-electron chi connectivity index (χ3n) is 1.28. The SMILES string of the molecule is N/C=C/C=C/c1cccc(N)n1. The minimum Gasteiger partial charge on any atom is -0.405 e. The number of anilines is 1. The smallest absolute Gasteiger partial charge is 0.124 e. The summed E-state index contributed by atoms with van der Waals surface area (Å²) in [5, 5.41) is 0. The van der Waals surface area contributed by atoms with Gasteiger partial charge in [-0.1, -0.05) is 12.1 Å². The molecule has 0 aliphatic rings. The Labute approximate surface area is 71.4 Å². The molecule has 0 saturated carbocycles. The fraction of sp³-hybridized carbons (Fsp3) is 0. The number of nitrogens with zero attached hydrogens (tertiary/aromatic N) is 1. The molecule has 0 saturated heterocycles. The van der Waals surface area contributed by atoms with Crippen LogP contribution in [0.15, 0.2) is 36.6 Å². The molecule has 0 atom stereocenters. The summed E-state index contributed by atoms with van der Waals surface area (Å²) in [4.78, 5) is 4.06. The molecule has 0 bridgehead atoms. The second-order valence-corrected chi connectivity index (χ2v) is 2.23. The maximum Gasteiger partial charge on any atom is 0.124 e. The topological polar surface area (TPSA) is 64.9 Å². The zero-order valence-electron chi connectivity index (χ0n) is 6.64. The Balaban J connectivity index is 2.76. The van der Waals surface area contributed by atoms with Crippen LogP contribution in [-0.4, -0.2) is 4.98 Å². The minimum absolute atomic E-state index is 0.522. The molecule has 0 radical (unpaired) electrons. The fourth-order valence-electron chi connectivity index (χ4n) is 0.780. The van der Waals surface area contributed by atoms with Crippen molar-refractivity contribution >= 4 is 11.9 Å². The molecule has 0 aliphatic carbocycles. The summed E-state index contributed by atoms with van der Waals surface area (Å²) in [7, 11) is 0. The van der Waals surface area contributed by atoms with Crippen LogP contribution in [0.5, 0.6) is 0 Å². The van der Waals surface area contributed by atoms with Gasteiger partial charge >= 0.3 is 0 Å². The first-order chi connectivity index (χ1) is 5.83. The molecule has 1 rings (SSSR count). The molecule has 0 fully saturated rings. The van der Waals surface area contributed by atoms with Gasteiger partial charge in [0.1, 0.15) is 5.82 Å². The molecule has 1 heterocycles. The van der Waals surface area contributed by atoms with Gasteiger partial charge in [-0.25, -0.2) is 4.98 Å². The summed E-state index contributed by atoms with van der Waals surface area (Å²) in [5.41, 5.74) is 11.4. The van der Waals surface area contributed by atoms with E-state index >= 15 is 0 Å². The standard InChI is InChI=1S/C9H11N3/c10-7-2-1-4-8-5-3-6-9(11)12-8/h1-7H,10H2,(H2,11,12)/b4-1+,7-2+. The van der Waals surface area contributed by atoms with Crippen molar-refractivity contribution in [2.24, 2.45) is 5.73 Å². The average molecular weight is 161 g/mol. The number of allylic oxidation sites excluding steroid dienone is 2. The highest BCUT2D eigenvalue weighted by molar-refractivity contribution is 5.49. The highest BCUT2D eigenvalue weighted by Crippen LogP contribution is 2.01. The van der Waals surface area contributed by atoms with E-state index in [1.807, 2.05) is 24.3 Å². The summed E-state index contributed by atoms with van der Waals surface area (Å²) in [6.07, 6.45) is 6.83. The van der Waals surface area contributed by atoms with Crippen LogP contribution in [0.25, 0.3) is 6.08 Å². The molecule has 0 amide bonds. The Morgan fingerprint density at radius 2 is 2.08 bits per heavy atom. The zero-order chi connectivity index (χ0) is 8.81. The molecule has 4 N–H and O–H groups in total. The minimum atomic E-state index is 0.522. The molecule has 12 heavy (non-hydrogen) atoms. The molecular formula is C9H11N3. The van der Waals surface area contributed by atoms with E-state index in [0.29, 0.717) is 5.82 Å². The summed E-state index contributed by atoms with van der Waals surface area (Å²) in [6.45, 7) is 0.